The fraction of sp³-hybridized carbons (Fsp3) is 0.538. The van der Waals surface area contributed by atoms with Crippen molar-refractivity contribution in [3.63, 3.8) is 0 Å². The van der Waals surface area contributed by atoms with Crippen LogP contribution in [0.15, 0.2) is 12.1 Å². The van der Waals surface area contributed by atoms with Crippen molar-refractivity contribution in [3.05, 3.63) is 17.2 Å². The standard InChI is InChI=1S/C13H19ClN2O2/c1-16-5-4-9(8-16)15-11-7-12(17-2)10(14)6-13(11)18-3/h6-7,9,15H,4-5,8H2,1-3H3. The van der Waals surface area contributed by atoms with Gasteiger partial charge >= 0.3 is 0 Å². The maximum Gasteiger partial charge on any atom is 0.143 e. The van der Waals surface area contributed by atoms with Crippen LogP contribution in [0.25, 0.3) is 0 Å². The van der Waals surface area contributed by atoms with Crippen molar-refractivity contribution in [2.24, 2.45) is 0 Å². The van der Waals surface area contributed by atoms with Gasteiger partial charge in [-0.2, -0.15) is 0 Å². The van der Waals surface area contributed by atoms with Crippen molar-refractivity contribution in [1.82, 2.24) is 4.90 Å². The summed E-state index contributed by atoms with van der Waals surface area (Å²) in [7, 11) is 5.38. The molecule has 1 aliphatic rings. The summed E-state index contributed by atoms with van der Waals surface area (Å²) in [5, 5.41) is 4.05. The van der Waals surface area contributed by atoms with Gasteiger partial charge in [0.25, 0.3) is 0 Å². The number of nitrogens with zero attached hydrogens (tertiary/aromatic N) is 1. The van der Waals surface area contributed by atoms with E-state index in [4.69, 9.17) is 21.1 Å². The van der Waals surface area contributed by atoms with Gasteiger partial charge in [-0.3, -0.25) is 0 Å². The highest BCUT2D eigenvalue weighted by Crippen LogP contribution is 2.36. The van der Waals surface area contributed by atoms with Gasteiger partial charge < -0.3 is 19.7 Å². The molecule has 0 bridgehead atoms. The molecule has 1 aromatic rings. The first-order chi connectivity index (χ1) is 8.63. The minimum Gasteiger partial charge on any atom is -0.495 e. The predicted molar refractivity (Wildman–Crippen MR) is 74.1 cm³/mol. The minimum absolute atomic E-state index is 0.440. The van der Waals surface area contributed by atoms with Crippen LogP contribution in [0.2, 0.25) is 5.02 Å². The highest BCUT2D eigenvalue weighted by atomic mass is 35.5. The normalized spacial score (nSPS) is 19.9. The van der Waals surface area contributed by atoms with Gasteiger partial charge in [0.1, 0.15) is 11.5 Å². The van der Waals surface area contributed by atoms with Crippen molar-refractivity contribution in [2.75, 3.05) is 39.7 Å². The van der Waals surface area contributed by atoms with Crippen molar-refractivity contribution in [2.45, 2.75) is 12.5 Å². The Morgan fingerprint density at radius 3 is 2.56 bits per heavy atom. The summed E-state index contributed by atoms with van der Waals surface area (Å²) in [6, 6.07) is 4.11. The summed E-state index contributed by atoms with van der Waals surface area (Å²) < 4.78 is 10.6. The third-order valence-corrected chi connectivity index (χ3v) is 3.52. The SMILES string of the molecule is COc1cc(NC2CCN(C)C2)c(OC)cc1Cl. The van der Waals surface area contributed by atoms with E-state index in [1.165, 1.54) is 0 Å². The van der Waals surface area contributed by atoms with Crippen LogP contribution in [-0.4, -0.2) is 45.3 Å². The van der Waals surface area contributed by atoms with Gasteiger partial charge in [-0.05, 0) is 20.0 Å². The maximum atomic E-state index is 6.08. The quantitative estimate of drug-likeness (QED) is 0.911. The molecule has 0 amide bonds. The van der Waals surface area contributed by atoms with Gasteiger partial charge in [-0.15, -0.1) is 0 Å². The molecular formula is C13H19ClN2O2. The van der Waals surface area contributed by atoms with Crippen LogP contribution in [0.4, 0.5) is 5.69 Å². The summed E-state index contributed by atoms with van der Waals surface area (Å²) in [6.45, 7) is 2.15. The van der Waals surface area contributed by atoms with Gasteiger partial charge in [-0.25, -0.2) is 0 Å². The number of likely N-dealkylation sites (tertiary alicyclic amines) is 1. The first kappa shape index (κ1) is 13.3. The first-order valence-corrected chi connectivity index (χ1v) is 6.38. The molecule has 4 nitrogen and oxygen atoms in total. The number of halogens is 1. The number of ether oxygens (including phenoxy) is 2. The Bertz CT molecular complexity index is 426. The van der Waals surface area contributed by atoms with E-state index in [0.29, 0.717) is 16.8 Å². The topological polar surface area (TPSA) is 33.7 Å². The van der Waals surface area contributed by atoms with Crippen molar-refractivity contribution in [3.8, 4) is 11.5 Å². The lowest BCUT2D eigenvalue weighted by atomic mass is 10.2. The van der Waals surface area contributed by atoms with E-state index in [1.54, 1.807) is 20.3 Å². The number of methoxy groups -OCH3 is 2. The summed E-state index contributed by atoms with van der Waals surface area (Å²) in [5.41, 5.74) is 0.930. The van der Waals surface area contributed by atoms with Crippen molar-refractivity contribution in [1.29, 1.82) is 0 Å². The molecule has 1 unspecified atom stereocenters. The molecule has 0 saturated carbocycles. The van der Waals surface area contributed by atoms with Gasteiger partial charge in [0.2, 0.25) is 0 Å². The summed E-state index contributed by atoms with van der Waals surface area (Å²) in [5.74, 6) is 1.40. The van der Waals surface area contributed by atoms with E-state index in [0.717, 1.165) is 30.9 Å². The predicted octanol–water partition coefficient (Wildman–Crippen LogP) is 2.47. The monoisotopic (exact) mass is 270 g/mol. The lowest BCUT2D eigenvalue weighted by Gasteiger charge is -2.18. The maximum absolute atomic E-state index is 6.08. The first-order valence-electron chi connectivity index (χ1n) is 6.00. The highest BCUT2D eigenvalue weighted by molar-refractivity contribution is 6.32. The number of rotatable bonds is 4. The molecule has 0 aromatic heterocycles. The van der Waals surface area contributed by atoms with E-state index in [1.807, 2.05) is 6.07 Å². The van der Waals surface area contributed by atoms with Gasteiger partial charge in [-0.1, -0.05) is 11.6 Å². The Balaban J connectivity index is 2.20. The van der Waals surface area contributed by atoms with E-state index in [-0.39, 0.29) is 0 Å². The zero-order valence-corrected chi connectivity index (χ0v) is 11.8. The number of likely N-dealkylation sites (N-methyl/N-ethyl adjacent to an activating group) is 1. The Kier molecular flexibility index (Phi) is 4.19. The number of hydrogen-bond donors (Lipinski definition) is 1. The molecule has 1 atom stereocenters. The molecule has 1 N–H and O–H groups in total. The van der Waals surface area contributed by atoms with Gasteiger partial charge in [0.15, 0.2) is 0 Å². The molecule has 1 aliphatic heterocycles. The van der Waals surface area contributed by atoms with E-state index >= 15 is 0 Å². The average molecular weight is 271 g/mol. The molecule has 18 heavy (non-hydrogen) atoms. The number of benzene rings is 1. The Morgan fingerprint density at radius 2 is 2.00 bits per heavy atom. The van der Waals surface area contributed by atoms with Crippen LogP contribution in [0.1, 0.15) is 6.42 Å². The lowest BCUT2D eigenvalue weighted by Crippen LogP contribution is -2.23. The second-order valence-electron chi connectivity index (χ2n) is 4.58. The van der Waals surface area contributed by atoms with Crippen molar-refractivity contribution >= 4 is 17.3 Å². The fourth-order valence-corrected chi connectivity index (χ4v) is 2.48. The molecule has 0 radical (unpaired) electrons. The third-order valence-electron chi connectivity index (χ3n) is 3.22. The number of hydrogen-bond acceptors (Lipinski definition) is 4. The number of nitrogens with one attached hydrogen (secondary N) is 1. The average Bonchev–Trinajstić information content (AvgIpc) is 2.76. The molecule has 1 fully saturated rings. The molecule has 0 spiro atoms. The lowest BCUT2D eigenvalue weighted by molar-refractivity contribution is 0.403. The Labute approximate surface area is 113 Å². The molecule has 100 valence electrons. The second-order valence-corrected chi connectivity index (χ2v) is 4.99. The summed E-state index contributed by atoms with van der Waals surface area (Å²) in [6.07, 6.45) is 1.13. The van der Waals surface area contributed by atoms with E-state index < -0.39 is 0 Å². The van der Waals surface area contributed by atoms with E-state index in [9.17, 15) is 0 Å². The van der Waals surface area contributed by atoms with E-state index in [2.05, 4.69) is 17.3 Å². The van der Waals surface area contributed by atoms with Crippen LogP contribution in [-0.2, 0) is 0 Å². The molecule has 1 heterocycles. The summed E-state index contributed by atoms with van der Waals surface area (Å²) >= 11 is 6.08. The van der Waals surface area contributed by atoms with Crippen LogP contribution >= 0.6 is 11.6 Å². The van der Waals surface area contributed by atoms with Crippen molar-refractivity contribution < 1.29 is 9.47 Å². The molecule has 1 saturated heterocycles. The number of anilines is 1. The molecular weight excluding hydrogens is 252 g/mol. The molecule has 1 aromatic carbocycles. The molecule has 2 rings (SSSR count). The van der Waals surface area contributed by atoms with Crippen LogP contribution in [0.5, 0.6) is 11.5 Å². The third kappa shape index (κ3) is 2.82. The Hall–Kier alpha value is -1.13. The van der Waals surface area contributed by atoms with Gasteiger partial charge in [0, 0.05) is 24.7 Å². The van der Waals surface area contributed by atoms with Crippen LogP contribution in [0.3, 0.4) is 0 Å². The highest BCUT2D eigenvalue weighted by Gasteiger charge is 2.21. The minimum atomic E-state index is 0.440. The zero-order valence-electron chi connectivity index (χ0n) is 11.0. The fourth-order valence-electron chi connectivity index (χ4n) is 2.25. The Morgan fingerprint density at radius 1 is 1.28 bits per heavy atom. The molecule has 0 aliphatic carbocycles. The molecule has 5 heteroatoms. The van der Waals surface area contributed by atoms with Crippen LogP contribution in [0, 0.1) is 0 Å². The second kappa shape index (κ2) is 5.67. The van der Waals surface area contributed by atoms with Gasteiger partial charge in [0.05, 0.1) is 24.9 Å². The smallest absolute Gasteiger partial charge is 0.143 e. The summed E-state index contributed by atoms with van der Waals surface area (Å²) in [4.78, 5) is 2.30. The largest absolute Gasteiger partial charge is 0.495 e. The zero-order chi connectivity index (χ0) is 13.1. The van der Waals surface area contributed by atoms with Crippen LogP contribution < -0.4 is 14.8 Å².